The second kappa shape index (κ2) is 6.77. The van der Waals surface area contributed by atoms with E-state index in [4.69, 9.17) is 0 Å². The van der Waals surface area contributed by atoms with Crippen molar-refractivity contribution in [2.45, 2.75) is 24.4 Å². The molecule has 3 unspecified atom stereocenters. The van der Waals surface area contributed by atoms with Crippen molar-refractivity contribution in [3.05, 3.63) is 132 Å². The van der Waals surface area contributed by atoms with Crippen molar-refractivity contribution in [1.29, 1.82) is 5.26 Å². The van der Waals surface area contributed by atoms with Gasteiger partial charge in [0.05, 0.1) is 16.7 Å². The highest BCUT2D eigenvalue weighted by atomic mass is 15.3. The normalized spacial score (nSPS) is 21.6. The number of hydrogen-bond donors (Lipinski definition) is 0. The Hall–Kier alpha value is -4.55. The van der Waals surface area contributed by atoms with Crippen LogP contribution in [0.3, 0.4) is 0 Å². The van der Waals surface area contributed by atoms with Crippen molar-refractivity contribution in [2.75, 3.05) is 0 Å². The fourth-order valence-electron chi connectivity index (χ4n) is 7.05. The molecule has 2 aromatic heterocycles. The zero-order chi connectivity index (χ0) is 24.0. The van der Waals surface area contributed by atoms with Crippen LogP contribution >= 0.6 is 0 Å². The molecule has 0 amide bonds. The minimum atomic E-state index is -0.233. The van der Waals surface area contributed by atoms with Crippen LogP contribution in [0, 0.1) is 18.3 Å². The van der Waals surface area contributed by atoms with Crippen LogP contribution in [0.15, 0.2) is 109 Å². The van der Waals surface area contributed by atoms with E-state index in [-0.39, 0.29) is 17.5 Å². The summed E-state index contributed by atoms with van der Waals surface area (Å²) >= 11 is 0. The number of nitrogens with zero attached hydrogens (tertiary/aromatic N) is 3. The molecule has 168 valence electrons. The topological polar surface area (TPSA) is 31.5 Å². The molecule has 0 radical (unpaired) electrons. The molecule has 1 spiro atoms. The predicted octanol–water partition coefficient (Wildman–Crippen LogP) is 5.85. The summed E-state index contributed by atoms with van der Waals surface area (Å²) in [7, 11) is 0. The van der Waals surface area contributed by atoms with Crippen molar-refractivity contribution in [2.24, 2.45) is 0 Å². The second-order valence-electron chi connectivity index (χ2n) is 10.2. The van der Waals surface area contributed by atoms with Crippen molar-refractivity contribution in [1.82, 2.24) is 0 Å². The summed E-state index contributed by atoms with van der Waals surface area (Å²) in [4.78, 5) is 0. The Morgan fingerprint density at radius 2 is 1.56 bits per heavy atom. The first-order valence-corrected chi connectivity index (χ1v) is 12.5. The molecule has 1 fully saturated rings. The Kier molecular flexibility index (Phi) is 3.71. The summed E-state index contributed by atoms with van der Waals surface area (Å²) in [6.07, 6.45) is 4.63. The van der Waals surface area contributed by atoms with E-state index in [0.717, 1.165) is 16.8 Å². The number of aryl methyl sites for hydroxylation is 1. The summed E-state index contributed by atoms with van der Waals surface area (Å²) in [5.41, 5.74) is 11.6. The monoisotopic (exact) mass is 461 g/mol. The van der Waals surface area contributed by atoms with Gasteiger partial charge >= 0.3 is 0 Å². The van der Waals surface area contributed by atoms with Crippen LogP contribution in [0.25, 0.3) is 33.6 Å². The van der Waals surface area contributed by atoms with E-state index in [2.05, 4.69) is 126 Å². The Balaban J connectivity index is 1.47. The molecule has 3 aromatic carbocycles. The average molecular weight is 462 g/mol. The molecule has 3 heteroatoms. The highest BCUT2D eigenvalue weighted by Gasteiger charge is 2.86. The van der Waals surface area contributed by atoms with Crippen molar-refractivity contribution in [3.63, 3.8) is 0 Å². The minimum absolute atomic E-state index is 0.233. The zero-order valence-corrected chi connectivity index (χ0v) is 19.9. The summed E-state index contributed by atoms with van der Waals surface area (Å²) in [5, 5.41) is 10.0. The first-order valence-electron chi connectivity index (χ1n) is 12.5. The maximum atomic E-state index is 10.0. The lowest BCUT2D eigenvalue weighted by Crippen LogP contribution is -2.51. The van der Waals surface area contributed by atoms with Gasteiger partial charge in [0.1, 0.15) is 12.0 Å². The van der Waals surface area contributed by atoms with Crippen LogP contribution in [0.5, 0.6) is 0 Å². The summed E-state index contributed by atoms with van der Waals surface area (Å²) in [6, 6.07) is 37.4. The van der Waals surface area contributed by atoms with Gasteiger partial charge in [-0.25, -0.2) is 0 Å². The molecule has 5 aromatic rings. The molecule has 2 aliphatic heterocycles. The summed E-state index contributed by atoms with van der Waals surface area (Å²) < 4.78 is 5.00. The standard InChI is InChI=1S/C33H23N3/c1-21-14-16-29-30-23(18-34)10-7-12-26(30)31-32(35(29)19-21)33(31)27-13-6-5-11-25(27)28-17-15-24(20-36(28)33)22-8-3-2-4-9-22/h2-17,19-20,31-32H,1H3/q+2. The van der Waals surface area contributed by atoms with E-state index in [9.17, 15) is 5.26 Å². The van der Waals surface area contributed by atoms with Gasteiger partial charge in [-0.1, -0.05) is 60.7 Å². The van der Waals surface area contributed by atoms with Crippen molar-refractivity contribution >= 4 is 0 Å². The quantitative estimate of drug-likeness (QED) is 0.288. The number of fused-ring (bicyclic) bond motifs is 13. The maximum Gasteiger partial charge on any atom is 0.269 e. The lowest BCUT2D eigenvalue weighted by Gasteiger charge is -2.13. The van der Waals surface area contributed by atoms with E-state index >= 15 is 0 Å². The third-order valence-electron chi connectivity index (χ3n) is 8.45. The SMILES string of the molecule is Cc1ccc2[n+](c1)C1C(c3cccc(C#N)c3-2)C12c1ccccc1-c1ccc(-c3ccccc3)c[n+]12. The number of pyridine rings is 2. The number of hydrogen-bond acceptors (Lipinski definition) is 1. The Bertz CT molecular complexity index is 1780. The van der Waals surface area contributed by atoms with E-state index in [1.54, 1.807) is 0 Å². The zero-order valence-electron chi connectivity index (χ0n) is 19.9. The van der Waals surface area contributed by atoms with Gasteiger partial charge in [0.2, 0.25) is 17.4 Å². The van der Waals surface area contributed by atoms with Gasteiger partial charge in [0.15, 0.2) is 12.4 Å². The molecule has 0 N–H and O–H groups in total. The smallest absolute Gasteiger partial charge is 0.192 e. The van der Waals surface area contributed by atoms with Gasteiger partial charge in [-0.05, 0) is 42.3 Å². The van der Waals surface area contributed by atoms with Crippen LogP contribution in [0.4, 0.5) is 0 Å². The Morgan fingerprint density at radius 1 is 0.750 bits per heavy atom. The van der Waals surface area contributed by atoms with Gasteiger partial charge in [-0.3, -0.25) is 0 Å². The first-order chi connectivity index (χ1) is 17.7. The maximum absolute atomic E-state index is 10.0. The molecule has 1 saturated carbocycles. The third kappa shape index (κ3) is 2.27. The van der Waals surface area contributed by atoms with Crippen LogP contribution < -0.4 is 9.13 Å². The summed E-state index contributed by atoms with van der Waals surface area (Å²) in [6.45, 7) is 2.15. The molecule has 4 heterocycles. The summed E-state index contributed by atoms with van der Waals surface area (Å²) in [5.74, 6) is 0.249. The molecule has 3 nitrogen and oxygen atoms in total. The number of nitriles is 1. The molecule has 0 saturated heterocycles. The second-order valence-corrected chi connectivity index (χ2v) is 10.2. The molecule has 1 aliphatic carbocycles. The highest BCUT2D eigenvalue weighted by molar-refractivity contribution is 5.77. The number of rotatable bonds is 1. The molecule has 3 atom stereocenters. The fraction of sp³-hybridized carbons (Fsp3) is 0.121. The van der Waals surface area contributed by atoms with Crippen LogP contribution in [0.2, 0.25) is 0 Å². The van der Waals surface area contributed by atoms with Crippen LogP contribution in [0.1, 0.15) is 34.2 Å². The highest BCUT2D eigenvalue weighted by Crippen LogP contribution is 2.70. The largest absolute Gasteiger partial charge is 0.269 e. The van der Waals surface area contributed by atoms with Gasteiger partial charge in [-0.15, -0.1) is 0 Å². The van der Waals surface area contributed by atoms with Crippen molar-refractivity contribution < 1.29 is 9.13 Å². The average Bonchev–Trinajstić information content (AvgIpc) is 3.56. The number of aromatic nitrogens is 2. The van der Waals surface area contributed by atoms with Gasteiger partial charge in [-0.2, -0.15) is 14.4 Å². The lowest BCUT2D eigenvalue weighted by atomic mass is 9.90. The molecule has 8 rings (SSSR count). The van der Waals surface area contributed by atoms with E-state index in [1.165, 1.54) is 39.1 Å². The van der Waals surface area contributed by atoms with Crippen LogP contribution in [-0.4, -0.2) is 0 Å². The third-order valence-corrected chi connectivity index (χ3v) is 8.45. The molecule has 0 bridgehead atoms. The molecular weight excluding hydrogens is 438 g/mol. The molecule has 3 aliphatic rings. The lowest BCUT2D eigenvalue weighted by molar-refractivity contribution is -0.771. The van der Waals surface area contributed by atoms with E-state index in [0.29, 0.717) is 0 Å². The van der Waals surface area contributed by atoms with E-state index in [1.807, 2.05) is 6.07 Å². The minimum Gasteiger partial charge on any atom is -0.192 e. The fourth-order valence-corrected chi connectivity index (χ4v) is 7.05. The van der Waals surface area contributed by atoms with Gasteiger partial charge in [0, 0.05) is 28.8 Å². The number of benzene rings is 3. The Morgan fingerprint density at radius 3 is 2.42 bits per heavy atom. The van der Waals surface area contributed by atoms with Gasteiger partial charge < -0.3 is 0 Å². The van der Waals surface area contributed by atoms with E-state index < -0.39 is 0 Å². The van der Waals surface area contributed by atoms with Gasteiger partial charge in [0.25, 0.3) is 5.54 Å². The van der Waals surface area contributed by atoms with Crippen molar-refractivity contribution in [3.8, 4) is 39.7 Å². The molecule has 36 heavy (non-hydrogen) atoms. The Labute approximate surface area is 210 Å². The predicted molar refractivity (Wildman–Crippen MR) is 138 cm³/mol. The first kappa shape index (κ1) is 19.7. The molecular formula is C33H23N3+2. The van der Waals surface area contributed by atoms with Crippen LogP contribution in [-0.2, 0) is 5.54 Å².